The Kier molecular flexibility index (Phi) is 6.04. The molecule has 2 fully saturated rings. The Labute approximate surface area is 143 Å². The normalized spacial score (nSPS) is 27.4. The quantitative estimate of drug-likeness (QED) is 0.915. The minimum Gasteiger partial charge on any atom is -0.342 e. The van der Waals surface area contributed by atoms with Gasteiger partial charge in [0.15, 0.2) is 0 Å². The van der Waals surface area contributed by atoms with Gasteiger partial charge in [0, 0.05) is 25.6 Å². The molecule has 1 saturated carbocycles. The van der Waals surface area contributed by atoms with Gasteiger partial charge >= 0.3 is 0 Å². The van der Waals surface area contributed by atoms with Crippen LogP contribution in [0.1, 0.15) is 31.7 Å². The van der Waals surface area contributed by atoms with Crippen LogP contribution in [0.25, 0.3) is 0 Å². The average Bonchev–Trinajstić information content (AvgIpc) is 3.01. The maximum absolute atomic E-state index is 13.2. The third-order valence-electron chi connectivity index (χ3n) is 5.26. The molecule has 1 aliphatic carbocycles. The molecular formula is C18H26ClFN2O. The molecule has 1 aliphatic heterocycles. The van der Waals surface area contributed by atoms with E-state index < -0.39 is 0 Å². The van der Waals surface area contributed by atoms with Crippen molar-refractivity contribution in [2.24, 2.45) is 23.5 Å². The van der Waals surface area contributed by atoms with Crippen molar-refractivity contribution in [2.75, 3.05) is 13.1 Å². The van der Waals surface area contributed by atoms with E-state index in [0.29, 0.717) is 18.3 Å². The number of nitrogens with zero attached hydrogens (tertiary/aromatic N) is 1. The first-order valence-electron chi connectivity index (χ1n) is 8.30. The lowest BCUT2D eigenvalue weighted by atomic mass is 9.97. The summed E-state index contributed by atoms with van der Waals surface area (Å²) in [7, 11) is 0. The Morgan fingerprint density at radius 1 is 1.39 bits per heavy atom. The number of carbonyl (C=O) groups excluding carboxylic acids is 1. The molecule has 2 N–H and O–H groups in total. The molecule has 4 atom stereocenters. The number of halogens is 2. The molecule has 1 aromatic carbocycles. The van der Waals surface area contributed by atoms with E-state index in [1.165, 1.54) is 6.07 Å². The number of fused-ring (bicyclic) bond motifs is 1. The van der Waals surface area contributed by atoms with Gasteiger partial charge < -0.3 is 10.6 Å². The molecule has 3 nitrogen and oxygen atoms in total. The van der Waals surface area contributed by atoms with Crippen molar-refractivity contribution in [3.05, 3.63) is 35.6 Å². The van der Waals surface area contributed by atoms with E-state index in [9.17, 15) is 9.18 Å². The van der Waals surface area contributed by atoms with Gasteiger partial charge in [0.1, 0.15) is 5.82 Å². The van der Waals surface area contributed by atoms with E-state index in [2.05, 4.69) is 6.92 Å². The van der Waals surface area contributed by atoms with E-state index >= 15 is 0 Å². The van der Waals surface area contributed by atoms with Crippen LogP contribution in [0.15, 0.2) is 24.3 Å². The van der Waals surface area contributed by atoms with Crippen LogP contribution >= 0.6 is 12.4 Å². The zero-order valence-electron chi connectivity index (χ0n) is 13.6. The first-order chi connectivity index (χ1) is 10.5. The summed E-state index contributed by atoms with van der Waals surface area (Å²) in [6.45, 7) is 3.77. The van der Waals surface area contributed by atoms with Crippen molar-refractivity contribution in [2.45, 2.75) is 38.6 Å². The fourth-order valence-electron chi connectivity index (χ4n) is 4.08. The van der Waals surface area contributed by atoms with E-state index in [-0.39, 0.29) is 36.1 Å². The SMILES string of the molecule is CC(CC(=O)N1CC2CCC(N)C2C1)Cc1cccc(F)c1.Cl. The van der Waals surface area contributed by atoms with Gasteiger partial charge in [0.2, 0.25) is 5.91 Å². The van der Waals surface area contributed by atoms with Gasteiger partial charge in [-0.25, -0.2) is 4.39 Å². The van der Waals surface area contributed by atoms with Crippen LogP contribution in [0.3, 0.4) is 0 Å². The topological polar surface area (TPSA) is 46.3 Å². The third-order valence-corrected chi connectivity index (χ3v) is 5.26. The lowest BCUT2D eigenvalue weighted by Crippen LogP contribution is -2.34. The van der Waals surface area contributed by atoms with Crippen LogP contribution in [0.4, 0.5) is 4.39 Å². The third kappa shape index (κ3) is 4.24. The Morgan fingerprint density at radius 3 is 2.87 bits per heavy atom. The largest absolute Gasteiger partial charge is 0.342 e. The van der Waals surface area contributed by atoms with E-state index in [1.807, 2.05) is 11.0 Å². The Balaban J connectivity index is 0.00000192. The predicted octanol–water partition coefficient (Wildman–Crippen LogP) is 3.01. The molecule has 3 rings (SSSR count). The number of hydrogen-bond acceptors (Lipinski definition) is 2. The summed E-state index contributed by atoms with van der Waals surface area (Å²) in [5, 5.41) is 0. The van der Waals surface area contributed by atoms with Crippen LogP contribution in [0.2, 0.25) is 0 Å². The Hall–Kier alpha value is -1.13. The number of amides is 1. The van der Waals surface area contributed by atoms with Crippen LogP contribution < -0.4 is 5.73 Å². The molecule has 0 spiro atoms. The summed E-state index contributed by atoms with van der Waals surface area (Å²) < 4.78 is 13.2. The van der Waals surface area contributed by atoms with Gasteiger partial charge in [-0.2, -0.15) is 0 Å². The Bertz CT molecular complexity index is 554. The van der Waals surface area contributed by atoms with Crippen LogP contribution in [0, 0.1) is 23.6 Å². The number of nitrogens with two attached hydrogens (primary N) is 1. The molecule has 128 valence electrons. The number of hydrogen-bond donors (Lipinski definition) is 1. The lowest BCUT2D eigenvalue weighted by molar-refractivity contribution is -0.131. The number of rotatable bonds is 4. The summed E-state index contributed by atoms with van der Waals surface area (Å²) in [4.78, 5) is 14.5. The summed E-state index contributed by atoms with van der Waals surface area (Å²) in [5.41, 5.74) is 7.09. The number of benzene rings is 1. The van der Waals surface area contributed by atoms with E-state index in [4.69, 9.17) is 5.73 Å². The zero-order chi connectivity index (χ0) is 15.7. The average molecular weight is 341 g/mol. The highest BCUT2D eigenvalue weighted by molar-refractivity contribution is 5.85. The standard InChI is InChI=1S/C18H25FN2O.ClH/c1-12(7-13-3-2-4-15(19)9-13)8-18(22)21-10-14-5-6-17(20)16(14)11-21;/h2-4,9,12,14,16-17H,5-8,10-11,20H2,1H3;1H. The zero-order valence-corrected chi connectivity index (χ0v) is 14.4. The van der Waals surface area contributed by atoms with Crippen molar-refractivity contribution >= 4 is 18.3 Å². The lowest BCUT2D eigenvalue weighted by Gasteiger charge is -2.21. The van der Waals surface area contributed by atoms with Gasteiger partial charge in [-0.1, -0.05) is 19.1 Å². The first-order valence-corrected chi connectivity index (χ1v) is 8.30. The highest BCUT2D eigenvalue weighted by Gasteiger charge is 2.42. The van der Waals surface area contributed by atoms with Crippen LogP contribution in [-0.4, -0.2) is 29.9 Å². The van der Waals surface area contributed by atoms with Crippen LogP contribution in [-0.2, 0) is 11.2 Å². The molecule has 4 unspecified atom stereocenters. The summed E-state index contributed by atoms with van der Waals surface area (Å²) in [5.74, 6) is 1.35. The summed E-state index contributed by atoms with van der Waals surface area (Å²) in [6, 6.07) is 6.92. The minimum atomic E-state index is -0.211. The van der Waals surface area contributed by atoms with E-state index in [0.717, 1.165) is 37.9 Å². The molecular weight excluding hydrogens is 315 g/mol. The first kappa shape index (κ1) is 18.2. The minimum absolute atomic E-state index is 0. The summed E-state index contributed by atoms with van der Waals surface area (Å²) >= 11 is 0. The van der Waals surface area contributed by atoms with Crippen molar-refractivity contribution < 1.29 is 9.18 Å². The van der Waals surface area contributed by atoms with Gasteiger partial charge in [0.25, 0.3) is 0 Å². The molecule has 23 heavy (non-hydrogen) atoms. The smallest absolute Gasteiger partial charge is 0.222 e. The van der Waals surface area contributed by atoms with Crippen molar-refractivity contribution in [3.63, 3.8) is 0 Å². The molecule has 1 amide bonds. The predicted molar refractivity (Wildman–Crippen MR) is 91.9 cm³/mol. The summed E-state index contributed by atoms with van der Waals surface area (Å²) in [6.07, 6.45) is 3.54. The second-order valence-electron chi connectivity index (χ2n) is 7.11. The van der Waals surface area contributed by atoms with Crippen LogP contribution in [0.5, 0.6) is 0 Å². The molecule has 1 aromatic rings. The molecule has 1 saturated heterocycles. The second kappa shape index (κ2) is 7.63. The molecule has 1 heterocycles. The number of likely N-dealkylation sites (tertiary alicyclic amines) is 1. The molecule has 2 aliphatic rings. The van der Waals surface area contributed by atoms with Crippen molar-refractivity contribution in [1.29, 1.82) is 0 Å². The maximum atomic E-state index is 13.2. The van der Waals surface area contributed by atoms with Gasteiger partial charge in [-0.3, -0.25) is 4.79 Å². The molecule has 0 bridgehead atoms. The number of carbonyl (C=O) groups is 1. The van der Waals surface area contributed by atoms with Gasteiger partial charge in [0.05, 0.1) is 0 Å². The van der Waals surface area contributed by atoms with E-state index in [1.54, 1.807) is 12.1 Å². The molecule has 0 aromatic heterocycles. The maximum Gasteiger partial charge on any atom is 0.222 e. The monoisotopic (exact) mass is 340 g/mol. The van der Waals surface area contributed by atoms with Crippen molar-refractivity contribution in [3.8, 4) is 0 Å². The Morgan fingerprint density at radius 2 is 2.17 bits per heavy atom. The highest BCUT2D eigenvalue weighted by atomic mass is 35.5. The fourth-order valence-corrected chi connectivity index (χ4v) is 4.08. The van der Waals surface area contributed by atoms with Gasteiger partial charge in [-0.15, -0.1) is 12.4 Å². The molecule has 5 heteroatoms. The van der Waals surface area contributed by atoms with Gasteiger partial charge in [-0.05, 0) is 54.7 Å². The van der Waals surface area contributed by atoms with Crippen molar-refractivity contribution in [1.82, 2.24) is 4.90 Å². The fraction of sp³-hybridized carbons (Fsp3) is 0.611. The second-order valence-corrected chi connectivity index (χ2v) is 7.11. The molecule has 0 radical (unpaired) electrons. The highest BCUT2D eigenvalue weighted by Crippen LogP contribution is 2.37.